The predicted octanol–water partition coefficient (Wildman–Crippen LogP) is 0.846. The van der Waals surface area contributed by atoms with Crippen molar-refractivity contribution < 1.29 is 19.4 Å². The molecule has 2 saturated heterocycles. The van der Waals surface area contributed by atoms with Crippen molar-refractivity contribution in [1.82, 2.24) is 0 Å². The summed E-state index contributed by atoms with van der Waals surface area (Å²) in [7, 11) is 0. The summed E-state index contributed by atoms with van der Waals surface area (Å²) >= 11 is 0. The Labute approximate surface area is 134 Å². The van der Waals surface area contributed by atoms with Crippen molar-refractivity contribution in [3.05, 3.63) is 42.0 Å². The van der Waals surface area contributed by atoms with Crippen LogP contribution in [0.15, 0.2) is 36.4 Å². The van der Waals surface area contributed by atoms with Gasteiger partial charge in [0.15, 0.2) is 0 Å². The van der Waals surface area contributed by atoms with E-state index in [0.29, 0.717) is 12.5 Å². The van der Waals surface area contributed by atoms with Gasteiger partial charge >= 0.3 is 0 Å². The minimum absolute atomic E-state index is 0.191. The molecular weight excluding hydrogens is 294 g/mol. The smallest absolute Gasteiger partial charge is 0.234 e. The molecule has 3 heterocycles. The fraction of sp³-hybridized carbons (Fsp3) is 0.444. The average molecular weight is 312 g/mol. The van der Waals surface area contributed by atoms with Crippen LogP contribution in [0.1, 0.15) is 25.3 Å². The zero-order chi connectivity index (χ0) is 16.4. The van der Waals surface area contributed by atoms with Crippen LogP contribution < -0.4 is 10.0 Å². The molecule has 0 unspecified atom stereocenters. The Hall–Kier alpha value is -2.14. The van der Waals surface area contributed by atoms with E-state index in [2.05, 4.69) is 13.8 Å². The van der Waals surface area contributed by atoms with E-state index in [1.807, 2.05) is 30.3 Å². The molecule has 1 spiro atoms. The molecule has 5 nitrogen and oxygen atoms in total. The summed E-state index contributed by atoms with van der Waals surface area (Å²) in [6.45, 7) is 4.58. The molecule has 5 heteroatoms. The summed E-state index contributed by atoms with van der Waals surface area (Å²) in [5.41, 5.74) is 1.16. The zero-order valence-corrected chi connectivity index (χ0v) is 13.1. The zero-order valence-electron chi connectivity index (χ0n) is 13.1. The summed E-state index contributed by atoms with van der Waals surface area (Å²) < 4.78 is 5.85. The number of amides is 1. The number of carboxylic acids is 1. The van der Waals surface area contributed by atoms with Crippen LogP contribution in [-0.4, -0.2) is 30.1 Å². The van der Waals surface area contributed by atoms with E-state index in [-0.39, 0.29) is 5.91 Å². The molecule has 0 aromatic heterocycles. The molecule has 23 heavy (non-hydrogen) atoms. The Morgan fingerprint density at radius 1 is 1.35 bits per heavy atom. The molecule has 1 aromatic rings. The summed E-state index contributed by atoms with van der Waals surface area (Å²) in [4.78, 5) is 25.9. The lowest BCUT2D eigenvalue weighted by Gasteiger charge is -2.24. The average Bonchev–Trinajstić information content (AvgIpc) is 3.15. The number of carbonyl (C=O) groups is 2. The van der Waals surface area contributed by atoms with E-state index in [1.54, 1.807) is 11.0 Å². The molecule has 0 N–H and O–H groups in total. The molecule has 2 fully saturated rings. The van der Waals surface area contributed by atoms with Gasteiger partial charge in [-0.05, 0) is 23.6 Å². The number of rotatable bonds is 3. The Morgan fingerprint density at radius 3 is 2.65 bits per heavy atom. The first-order valence-electron chi connectivity index (χ1n) is 7.92. The standard InChI is InChI=1S/C18H19NO4/c1-10(2)11-3-5-12(6-4-11)19-9-18-8-7-13(23-18)14(17(21)22)15(18)16(19)20/h3-8,10,13-15H,9H2,1-2H3,(H,21,22)/p-1/t13-,14+,15-,18-/m1/s1. The van der Waals surface area contributed by atoms with Crippen molar-refractivity contribution in [3.63, 3.8) is 0 Å². The van der Waals surface area contributed by atoms with Crippen LogP contribution in [-0.2, 0) is 14.3 Å². The third-order valence-corrected chi connectivity index (χ3v) is 5.24. The first-order valence-corrected chi connectivity index (χ1v) is 7.92. The van der Waals surface area contributed by atoms with Crippen molar-refractivity contribution in [2.45, 2.75) is 31.5 Å². The molecule has 120 valence electrons. The molecule has 4 rings (SSSR count). The molecule has 0 aliphatic carbocycles. The SMILES string of the molecule is CC(C)c1ccc(N2C[C@@]34C=C[C@@H](O3)[C@H](C(=O)[O-])[C@@H]4C2=O)cc1. The number of hydrogen-bond acceptors (Lipinski definition) is 4. The van der Waals surface area contributed by atoms with E-state index in [0.717, 1.165) is 5.69 Å². The maximum Gasteiger partial charge on any atom is 0.234 e. The topological polar surface area (TPSA) is 69.7 Å². The molecular formula is C18H18NO4-. The highest BCUT2D eigenvalue weighted by Crippen LogP contribution is 2.52. The van der Waals surface area contributed by atoms with Gasteiger partial charge in [-0.25, -0.2) is 0 Å². The van der Waals surface area contributed by atoms with Crippen LogP contribution in [0.2, 0.25) is 0 Å². The quantitative estimate of drug-likeness (QED) is 0.776. The van der Waals surface area contributed by atoms with Crippen molar-refractivity contribution in [2.75, 3.05) is 11.4 Å². The predicted molar refractivity (Wildman–Crippen MR) is 81.6 cm³/mol. The van der Waals surface area contributed by atoms with E-state index in [9.17, 15) is 14.7 Å². The summed E-state index contributed by atoms with van der Waals surface area (Å²) in [6.07, 6.45) is 3.05. The summed E-state index contributed by atoms with van der Waals surface area (Å²) in [5, 5.41) is 11.4. The highest BCUT2D eigenvalue weighted by Gasteiger charge is 2.65. The van der Waals surface area contributed by atoms with Gasteiger partial charge in [0.25, 0.3) is 0 Å². The second-order valence-corrected chi connectivity index (χ2v) is 6.89. The molecule has 3 aliphatic rings. The number of ether oxygens (including phenoxy) is 1. The fourth-order valence-electron chi connectivity index (χ4n) is 4.03. The lowest BCUT2D eigenvalue weighted by atomic mass is 9.77. The Balaban J connectivity index is 1.67. The molecule has 1 amide bonds. The lowest BCUT2D eigenvalue weighted by molar-refractivity contribution is -0.313. The number of anilines is 1. The first-order chi connectivity index (χ1) is 10.9. The van der Waals surface area contributed by atoms with Crippen LogP contribution in [0.4, 0.5) is 5.69 Å². The van der Waals surface area contributed by atoms with Crippen molar-refractivity contribution in [1.29, 1.82) is 0 Å². The normalized spacial score (nSPS) is 34.5. The fourth-order valence-corrected chi connectivity index (χ4v) is 4.03. The van der Waals surface area contributed by atoms with Gasteiger partial charge in [0.1, 0.15) is 5.60 Å². The van der Waals surface area contributed by atoms with Gasteiger partial charge in [0, 0.05) is 17.6 Å². The highest BCUT2D eigenvalue weighted by atomic mass is 16.5. The minimum atomic E-state index is -1.21. The first kappa shape index (κ1) is 14.5. The van der Waals surface area contributed by atoms with E-state index < -0.39 is 29.5 Å². The monoisotopic (exact) mass is 312 g/mol. The molecule has 0 saturated carbocycles. The van der Waals surface area contributed by atoms with Crippen LogP contribution in [0.5, 0.6) is 0 Å². The minimum Gasteiger partial charge on any atom is -0.550 e. The van der Waals surface area contributed by atoms with E-state index >= 15 is 0 Å². The summed E-state index contributed by atoms with van der Waals surface area (Å²) in [6, 6.07) is 7.83. The van der Waals surface area contributed by atoms with Crippen LogP contribution in [0.25, 0.3) is 0 Å². The second kappa shape index (κ2) is 4.68. The maximum absolute atomic E-state index is 12.8. The van der Waals surface area contributed by atoms with E-state index in [4.69, 9.17) is 4.74 Å². The molecule has 0 radical (unpaired) electrons. The second-order valence-electron chi connectivity index (χ2n) is 6.89. The number of carboxylic acid groups (broad SMARTS) is 1. The third kappa shape index (κ3) is 1.89. The number of benzene rings is 1. The summed E-state index contributed by atoms with van der Waals surface area (Å²) in [5.74, 6) is -2.57. The van der Waals surface area contributed by atoms with E-state index in [1.165, 1.54) is 5.56 Å². The van der Waals surface area contributed by atoms with Crippen molar-refractivity contribution in [2.24, 2.45) is 11.8 Å². The molecule has 3 aliphatic heterocycles. The van der Waals surface area contributed by atoms with Crippen LogP contribution >= 0.6 is 0 Å². The maximum atomic E-state index is 12.8. The van der Waals surface area contributed by atoms with Gasteiger partial charge in [-0.1, -0.05) is 38.1 Å². The van der Waals surface area contributed by atoms with Gasteiger partial charge < -0.3 is 19.5 Å². The molecule has 2 bridgehead atoms. The number of carbonyl (C=O) groups excluding carboxylic acids is 2. The van der Waals surface area contributed by atoms with Gasteiger partial charge in [0.2, 0.25) is 5.91 Å². The van der Waals surface area contributed by atoms with Crippen LogP contribution in [0, 0.1) is 11.8 Å². The number of hydrogen-bond donors (Lipinski definition) is 0. The highest BCUT2D eigenvalue weighted by molar-refractivity contribution is 6.02. The molecule has 1 aromatic carbocycles. The van der Waals surface area contributed by atoms with Crippen molar-refractivity contribution in [3.8, 4) is 0 Å². The van der Waals surface area contributed by atoms with Crippen molar-refractivity contribution >= 4 is 17.6 Å². The number of aliphatic carboxylic acids is 1. The van der Waals surface area contributed by atoms with Gasteiger partial charge in [-0.15, -0.1) is 0 Å². The Bertz CT molecular complexity index is 708. The Kier molecular flexibility index (Phi) is 2.94. The third-order valence-electron chi connectivity index (χ3n) is 5.24. The van der Waals surface area contributed by atoms with Crippen LogP contribution in [0.3, 0.4) is 0 Å². The Morgan fingerprint density at radius 2 is 2.04 bits per heavy atom. The van der Waals surface area contributed by atoms with Gasteiger partial charge in [0.05, 0.1) is 18.6 Å². The molecule has 4 atom stereocenters. The van der Waals surface area contributed by atoms with Gasteiger partial charge in [-0.2, -0.15) is 0 Å². The van der Waals surface area contributed by atoms with Gasteiger partial charge in [-0.3, -0.25) is 4.79 Å². The number of nitrogens with zero attached hydrogens (tertiary/aromatic N) is 1. The lowest BCUT2D eigenvalue weighted by Crippen LogP contribution is -2.45. The number of fused-ring (bicyclic) bond motifs is 1. The largest absolute Gasteiger partial charge is 0.550 e.